The molecule has 1 saturated carbocycles. The molecule has 0 aromatic heterocycles. The predicted molar refractivity (Wildman–Crippen MR) is 69.9 cm³/mol. The van der Waals surface area contributed by atoms with Gasteiger partial charge in [-0.3, -0.25) is 4.79 Å². The lowest BCUT2D eigenvalue weighted by molar-refractivity contribution is -0.135. The van der Waals surface area contributed by atoms with Gasteiger partial charge in [0.15, 0.2) is 5.78 Å². The molecular formula is C15H24O3. The summed E-state index contributed by atoms with van der Waals surface area (Å²) in [5.74, 6) is 0.413. The first-order valence-electron chi connectivity index (χ1n) is 6.88. The Bertz CT molecular complexity index is 385. The first-order chi connectivity index (χ1) is 8.29. The molecule has 0 aromatic carbocycles. The maximum absolute atomic E-state index is 11.9. The second-order valence-electron chi connectivity index (χ2n) is 6.48. The zero-order valence-electron chi connectivity index (χ0n) is 11.7. The van der Waals surface area contributed by atoms with Crippen molar-refractivity contribution in [2.75, 3.05) is 0 Å². The summed E-state index contributed by atoms with van der Waals surface area (Å²) >= 11 is 0. The summed E-state index contributed by atoms with van der Waals surface area (Å²) in [4.78, 5) is 11.9. The Morgan fingerprint density at radius 1 is 1.39 bits per heavy atom. The highest BCUT2D eigenvalue weighted by Crippen LogP contribution is 2.52. The van der Waals surface area contributed by atoms with Gasteiger partial charge in [-0.15, -0.1) is 0 Å². The van der Waals surface area contributed by atoms with Crippen LogP contribution in [0.5, 0.6) is 0 Å². The van der Waals surface area contributed by atoms with Crippen molar-refractivity contribution in [2.24, 2.45) is 23.2 Å². The van der Waals surface area contributed by atoms with Gasteiger partial charge in [-0.25, -0.2) is 0 Å². The molecule has 1 fully saturated rings. The molecule has 2 aliphatic carbocycles. The molecule has 3 heteroatoms. The molecule has 2 N–H and O–H groups in total. The van der Waals surface area contributed by atoms with Gasteiger partial charge in [0.2, 0.25) is 0 Å². The molecule has 0 aromatic rings. The summed E-state index contributed by atoms with van der Waals surface area (Å²) in [5.41, 5.74) is 0.186. The molecule has 0 aliphatic heterocycles. The van der Waals surface area contributed by atoms with Crippen molar-refractivity contribution in [3.8, 4) is 0 Å². The second kappa shape index (κ2) is 4.46. The summed E-state index contributed by atoms with van der Waals surface area (Å²) in [6, 6.07) is 0. The number of aliphatic hydroxyl groups is 2. The Labute approximate surface area is 109 Å². The number of ketones is 1. The minimum atomic E-state index is -0.548. The average Bonchev–Trinajstić information content (AvgIpc) is 2.59. The van der Waals surface area contributed by atoms with E-state index in [1.54, 1.807) is 0 Å². The van der Waals surface area contributed by atoms with Crippen molar-refractivity contribution in [2.45, 2.75) is 52.7 Å². The molecule has 1 spiro atoms. The van der Waals surface area contributed by atoms with E-state index >= 15 is 0 Å². The van der Waals surface area contributed by atoms with Crippen LogP contribution in [0.15, 0.2) is 11.6 Å². The minimum absolute atomic E-state index is 0.0612. The van der Waals surface area contributed by atoms with Crippen molar-refractivity contribution in [3.63, 3.8) is 0 Å². The van der Waals surface area contributed by atoms with Gasteiger partial charge in [-0.1, -0.05) is 26.8 Å². The number of carbonyl (C=O) groups excluding carboxylic acids is 1. The van der Waals surface area contributed by atoms with Gasteiger partial charge < -0.3 is 10.2 Å². The topological polar surface area (TPSA) is 57.5 Å². The van der Waals surface area contributed by atoms with Gasteiger partial charge in [0.05, 0.1) is 12.2 Å². The van der Waals surface area contributed by atoms with Crippen LogP contribution in [-0.2, 0) is 4.79 Å². The van der Waals surface area contributed by atoms with Crippen LogP contribution in [0, 0.1) is 23.2 Å². The average molecular weight is 252 g/mol. The fourth-order valence-electron chi connectivity index (χ4n) is 3.71. The summed E-state index contributed by atoms with van der Waals surface area (Å²) in [6.45, 7) is 7.89. The van der Waals surface area contributed by atoms with Crippen LogP contribution < -0.4 is 0 Å². The number of Topliss-reactive ketones (excluding diaryl/α,β-unsaturated/α-hetero) is 1. The standard InChI is InChI=1S/C15H24O3/c1-8(2)11-5-12(16)10(4)15(14(11)18)6-9(3)13(17)7-15/h6,8,10-12,14,16,18H,5,7H2,1-4H3. The number of rotatable bonds is 1. The first kappa shape index (κ1) is 13.8. The third-order valence-electron chi connectivity index (χ3n) is 5.14. The zero-order valence-corrected chi connectivity index (χ0v) is 11.7. The van der Waals surface area contributed by atoms with Gasteiger partial charge in [0.25, 0.3) is 0 Å². The highest BCUT2D eigenvalue weighted by atomic mass is 16.3. The van der Waals surface area contributed by atoms with Crippen molar-refractivity contribution >= 4 is 5.78 Å². The fourth-order valence-corrected chi connectivity index (χ4v) is 3.71. The third-order valence-corrected chi connectivity index (χ3v) is 5.14. The van der Waals surface area contributed by atoms with Crippen molar-refractivity contribution in [3.05, 3.63) is 11.6 Å². The van der Waals surface area contributed by atoms with E-state index in [4.69, 9.17) is 0 Å². The van der Waals surface area contributed by atoms with Crippen molar-refractivity contribution < 1.29 is 15.0 Å². The third kappa shape index (κ3) is 1.84. The summed E-state index contributed by atoms with van der Waals surface area (Å²) < 4.78 is 0. The van der Waals surface area contributed by atoms with Crippen LogP contribution >= 0.6 is 0 Å². The fraction of sp³-hybridized carbons (Fsp3) is 0.800. The second-order valence-corrected chi connectivity index (χ2v) is 6.48. The smallest absolute Gasteiger partial charge is 0.159 e. The molecular weight excluding hydrogens is 228 g/mol. The van der Waals surface area contributed by atoms with Crippen molar-refractivity contribution in [1.82, 2.24) is 0 Å². The first-order valence-corrected chi connectivity index (χ1v) is 6.88. The highest BCUT2D eigenvalue weighted by molar-refractivity contribution is 5.98. The Morgan fingerprint density at radius 3 is 2.44 bits per heavy atom. The van der Waals surface area contributed by atoms with Gasteiger partial charge in [0.1, 0.15) is 0 Å². The van der Waals surface area contributed by atoms with E-state index in [0.29, 0.717) is 18.8 Å². The summed E-state index contributed by atoms with van der Waals surface area (Å²) in [5, 5.41) is 21.0. The molecule has 5 unspecified atom stereocenters. The maximum Gasteiger partial charge on any atom is 0.159 e. The number of carbonyl (C=O) groups is 1. The lowest BCUT2D eigenvalue weighted by Gasteiger charge is -2.50. The number of allylic oxidation sites excluding steroid dienone is 1. The molecule has 2 rings (SSSR count). The zero-order chi connectivity index (χ0) is 13.7. The highest BCUT2D eigenvalue weighted by Gasteiger charge is 2.55. The van der Waals surface area contributed by atoms with Crippen LogP contribution in [0.4, 0.5) is 0 Å². The molecule has 0 radical (unpaired) electrons. The largest absolute Gasteiger partial charge is 0.393 e. The molecule has 0 saturated heterocycles. The van der Waals surface area contributed by atoms with Crippen LogP contribution in [0.2, 0.25) is 0 Å². The Hall–Kier alpha value is -0.670. The lowest BCUT2D eigenvalue weighted by atomic mass is 9.58. The number of hydrogen-bond donors (Lipinski definition) is 2. The van der Waals surface area contributed by atoms with E-state index in [9.17, 15) is 15.0 Å². The van der Waals surface area contributed by atoms with E-state index in [1.807, 2.05) is 19.9 Å². The van der Waals surface area contributed by atoms with E-state index in [0.717, 1.165) is 5.57 Å². The SMILES string of the molecule is CC1=CC2(CC1=O)C(C)C(O)CC(C(C)C)C2O. The van der Waals surface area contributed by atoms with E-state index < -0.39 is 17.6 Å². The van der Waals surface area contributed by atoms with Gasteiger partial charge in [-0.2, -0.15) is 0 Å². The van der Waals surface area contributed by atoms with Crippen LogP contribution in [0.3, 0.4) is 0 Å². The van der Waals surface area contributed by atoms with Crippen molar-refractivity contribution in [1.29, 1.82) is 0 Å². The molecule has 0 amide bonds. The van der Waals surface area contributed by atoms with E-state index in [-0.39, 0.29) is 17.6 Å². The molecule has 18 heavy (non-hydrogen) atoms. The summed E-state index contributed by atoms with van der Waals surface area (Å²) in [7, 11) is 0. The van der Waals surface area contributed by atoms with E-state index in [2.05, 4.69) is 13.8 Å². The summed E-state index contributed by atoms with van der Waals surface area (Å²) in [6.07, 6.45) is 1.93. The van der Waals surface area contributed by atoms with Crippen LogP contribution in [-0.4, -0.2) is 28.2 Å². The Morgan fingerprint density at radius 2 is 2.00 bits per heavy atom. The van der Waals surface area contributed by atoms with Gasteiger partial charge in [-0.05, 0) is 36.7 Å². The quantitative estimate of drug-likeness (QED) is 0.749. The van der Waals surface area contributed by atoms with Gasteiger partial charge >= 0.3 is 0 Å². The van der Waals surface area contributed by atoms with Crippen LogP contribution in [0.1, 0.15) is 40.5 Å². The lowest BCUT2D eigenvalue weighted by Crippen LogP contribution is -2.53. The minimum Gasteiger partial charge on any atom is -0.393 e. The Kier molecular flexibility index (Phi) is 3.41. The van der Waals surface area contributed by atoms with Crippen LogP contribution in [0.25, 0.3) is 0 Å². The maximum atomic E-state index is 11.9. The molecule has 3 nitrogen and oxygen atoms in total. The monoisotopic (exact) mass is 252 g/mol. The molecule has 0 bridgehead atoms. The van der Waals surface area contributed by atoms with E-state index in [1.165, 1.54) is 0 Å². The Balaban J connectivity index is 2.40. The number of hydrogen-bond acceptors (Lipinski definition) is 3. The number of aliphatic hydroxyl groups excluding tert-OH is 2. The molecule has 102 valence electrons. The normalized spacial score (nSPS) is 44.8. The molecule has 5 atom stereocenters. The molecule has 0 heterocycles. The molecule has 2 aliphatic rings. The van der Waals surface area contributed by atoms with Gasteiger partial charge in [0, 0.05) is 11.8 Å². The predicted octanol–water partition coefficient (Wildman–Crippen LogP) is 1.93.